The number of carbonyl (C=O) groups excluding carboxylic acids is 2. The third-order valence-electron chi connectivity index (χ3n) is 3.50. The first-order valence-corrected chi connectivity index (χ1v) is 9.28. The summed E-state index contributed by atoms with van der Waals surface area (Å²) in [5, 5.41) is 0.316. The summed E-state index contributed by atoms with van der Waals surface area (Å²) < 4.78 is 16.3. The monoisotopic (exact) mass is 414 g/mol. The van der Waals surface area contributed by atoms with Crippen molar-refractivity contribution in [1.29, 1.82) is 0 Å². The molecule has 0 bridgehead atoms. The van der Waals surface area contributed by atoms with Gasteiger partial charge in [0.2, 0.25) is 0 Å². The summed E-state index contributed by atoms with van der Waals surface area (Å²) in [5.41, 5.74) is -0.810. The van der Waals surface area contributed by atoms with Crippen LogP contribution in [0.3, 0.4) is 0 Å². The van der Waals surface area contributed by atoms with Gasteiger partial charge in [-0.2, -0.15) is 4.90 Å². The van der Waals surface area contributed by atoms with E-state index >= 15 is 0 Å². The number of imide groups is 1. The molecular weight excluding hydrogens is 384 g/mol. The van der Waals surface area contributed by atoms with Crippen LogP contribution in [0.2, 0.25) is 5.02 Å². The minimum atomic E-state index is -0.862. The standard InChI is InChI=1S/C19H27ClN2O5.CH4/c1-18(2,3)26-16(23)22(17(24)27-19(4,5)6)12-10-13(20)15(21-11-12)14-8-7-9-25-14;/h10-11,14H,7-9H2,1-6H3;1H4. The van der Waals surface area contributed by atoms with E-state index in [4.69, 9.17) is 25.8 Å². The van der Waals surface area contributed by atoms with Gasteiger partial charge in [-0.15, -0.1) is 0 Å². The molecule has 1 aromatic heterocycles. The zero-order chi connectivity index (χ0) is 20.4. The van der Waals surface area contributed by atoms with Gasteiger partial charge < -0.3 is 14.2 Å². The highest BCUT2D eigenvalue weighted by atomic mass is 35.5. The number of aromatic nitrogens is 1. The molecule has 0 aliphatic carbocycles. The molecule has 1 saturated heterocycles. The fourth-order valence-corrected chi connectivity index (χ4v) is 2.77. The maximum Gasteiger partial charge on any atom is 0.424 e. The molecule has 1 aromatic rings. The largest absolute Gasteiger partial charge is 0.443 e. The lowest BCUT2D eigenvalue weighted by atomic mass is 10.1. The van der Waals surface area contributed by atoms with Gasteiger partial charge in [-0.1, -0.05) is 19.0 Å². The Morgan fingerprint density at radius 3 is 2.07 bits per heavy atom. The van der Waals surface area contributed by atoms with E-state index in [9.17, 15) is 9.59 Å². The van der Waals surface area contributed by atoms with Crippen molar-refractivity contribution in [3.8, 4) is 0 Å². The Bertz CT molecular complexity index is 676. The van der Waals surface area contributed by atoms with Crippen LogP contribution in [0.1, 0.15) is 73.6 Å². The van der Waals surface area contributed by atoms with Gasteiger partial charge in [0, 0.05) is 6.61 Å². The van der Waals surface area contributed by atoms with Crippen molar-refractivity contribution in [1.82, 2.24) is 4.98 Å². The zero-order valence-electron chi connectivity index (χ0n) is 16.7. The van der Waals surface area contributed by atoms with Crippen LogP contribution in [-0.2, 0) is 14.2 Å². The maximum absolute atomic E-state index is 12.6. The second-order valence-corrected chi connectivity index (χ2v) is 8.77. The van der Waals surface area contributed by atoms with Crippen molar-refractivity contribution >= 4 is 29.5 Å². The van der Waals surface area contributed by atoms with E-state index in [1.807, 2.05) is 0 Å². The van der Waals surface area contributed by atoms with E-state index in [1.54, 1.807) is 41.5 Å². The van der Waals surface area contributed by atoms with Crippen molar-refractivity contribution in [2.75, 3.05) is 11.5 Å². The Kier molecular flexibility index (Phi) is 7.85. The number of amides is 2. The summed E-state index contributed by atoms with van der Waals surface area (Å²) in [6, 6.07) is 1.50. The predicted molar refractivity (Wildman–Crippen MR) is 109 cm³/mol. The molecule has 1 aliphatic heterocycles. The normalized spacial score (nSPS) is 16.9. The molecule has 0 aromatic carbocycles. The Balaban J connectivity index is 0.00000392. The number of carbonyl (C=O) groups is 2. The van der Waals surface area contributed by atoms with Crippen LogP contribution in [0.15, 0.2) is 12.3 Å². The lowest BCUT2D eigenvalue weighted by molar-refractivity contribution is 0.0430. The molecule has 7 nitrogen and oxygen atoms in total. The molecule has 158 valence electrons. The fraction of sp³-hybridized carbons (Fsp3) is 0.650. The number of ether oxygens (including phenoxy) is 3. The molecule has 0 saturated carbocycles. The molecule has 0 N–H and O–H groups in total. The molecule has 1 aliphatic rings. The molecule has 0 radical (unpaired) electrons. The van der Waals surface area contributed by atoms with E-state index in [2.05, 4.69) is 4.98 Å². The highest BCUT2D eigenvalue weighted by Gasteiger charge is 2.33. The third kappa shape index (κ3) is 6.63. The van der Waals surface area contributed by atoms with Crippen LogP contribution < -0.4 is 4.90 Å². The van der Waals surface area contributed by atoms with Crippen LogP contribution in [0.5, 0.6) is 0 Å². The summed E-state index contributed by atoms with van der Waals surface area (Å²) >= 11 is 6.36. The lowest BCUT2D eigenvalue weighted by Gasteiger charge is -2.28. The molecule has 8 heteroatoms. The van der Waals surface area contributed by atoms with E-state index in [1.165, 1.54) is 12.3 Å². The molecule has 2 amide bonds. The minimum Gasteiger partial charge on any atom is -0.443 e. The summed E-state index contributed by atoms with van der Waals surface area (Å²) in [4.78, 5) is 30.4. The highest BCUT2D eigenvalue weighted by molar-refractivity contribution is 6.31. The van der Waals surface area contributed by atoms with Gasteiger partial charge >= 0.3 is 12.2 Å². The predicted octanol–water partition coefficient (Wildman–Crippen LogP) is 5.90. The maximum atomic E-state index is 12.6. The minimum absolute atomic E-state index is 0. The number of hydrogen-bond donors (Lipinski definition) is 0. The van der Waals surface area contributed by atoms with Gasteiger partial charge in [0.1, 0.15) is 17.3 Å². The van der Waals surface area contributed by atoms with Crippen molar-refractivity contribution in [3.63, 3.8) is 0 Å². The first kappa shape index (κ1) is 24.2. The number of anilines is 1. The molecule has 0 spiro atoms. The van der Waals surface area contributed by atoms with E-state index < -0.39 is 23.4 Å². The lowest BCUT2D eigenvalue weighted by Crippen LogP contribution is -2.43. The number of pyridine rings is 1. The van der Waals surface area contributed by atoms with Crippen LogP contribution in [0.25, 0.3) is 0 Å². The highest BCUT2D eigenvalue weighted by Crippen LogP contribution is 2.34. The number of hydrogen-bond acceptors (Lipinski definition) is 6. The summed E-state index contributed by atoms with van der Waals surface area (Å²) in [5.74, 6) is 0. The van der Waals surface area contributed by atoms with Crippen molar-refractivity contribution in [2.24, 2.45) is 0 Å². The van der Waals surface area contributed by atoms with E-state index in [-0.39, 0.29) is 19.2 Å². The number of nitrogens with zero attached hydrogens (tertiary/aromatic N) is 2. The van der Waals surface area contributed by atoms with Gasteiger partial charge in [0.05, 0.1) is 22.6 Å². The third-order valence-corrected chi connectivity index (χ3v) is 3.80. The van der Waals surface area contributed by atoms with Crippen LogP contribution >= 0.6 is 11.6 Å². The summed E-state index contributed by atoms with van der Waals surface area (Å²) in [6.45, 7) is 10.9. The fourth-order valence-electron chi connectivity index (χ4n) is 2.49. The quantitative estimate of drug-likeness (QED) is 0.599. The molecule has 1 atom stereocenters. The van der Waals surface area contributed by atoms with Crippen molar-refractivity contribution in [2.45, 2.75) is 79.1 Å². The summed E-state index contributed by atoms with van der Waals surface area (Å²) in [6.07, 6.45) is 1.26. The Labute approximate surface area is 172 Å². The van der Waals surface area contributed by atoms with Gasteiger partial charge in [-0.05, 0) is 60.5 Å². The van der Waals surface area contributed by atoms with Crippen LogP contribution in [0.4, 0.5) is 15.3 Å². The molecule has 1 unspecified atom stereocenters. The van der Waals surface area contributed by atoms with Gasteiger partial charge in [-0.25, -0.2) is 9.59 Å². The number of rotatable bonds is 2. The molecule has 2 rings (SSSR count). The molecular formula is C20H31ClN2O5. The van der Waals surface area contributed by atoms with Gasteiger partial charge in [-0.3, -0.25) is 4.98 Å². The number of halogens is 1. The second kappa shape index (κ2) is 9.09. The Hall–Kier alpha value is -1.86. The molecule has 28 heavy (non-hydrogen) atoms. The average molecular weight is 415 g/mol. The topological polar surface area (TPSA) is 78.0 Å². The molecule has 2 heterocycles. The molecule has 1 fully saturated rings. The Morgan fingerprint density at radius 2 is 1.68 bits per heavy atom. The van der Waals surface area contributed by atoms with Crippen molar-refractivity contribution < 1.29 is 23.8 Å². The van der Waals surface area contributed by atoms with Crippen LogP contribution in [-0.4, -0.2) is 35.0 Å². The van der Waals surface area contributed by atoms with Gasteiger partial charge in [0.15, 0.2) is 0 Å². The second-order valence-electron chi connectivity index (χ2n) is 8.36. The van der Waals surface area contributed by atoms with E-state index in [0.29, 0.717) is 17.3 Å². The first-order chi connectivity index (χ1) is 12.4. The van der Waals surface area contributed by atoms with E-state index in [0.717, 1.165) is 17.7 Å². The van der Waals surface area contributed by atoms with Gasteiger partial charge in [0.25, 0.3) is 0 Å². The first-order valence-electron chi connectivity index (χ1n) is 8.90. The smallest absolute Gasteiger partial charge is 0.424 e. The van der Waals surface area contributed by atoms with Crippen LogP contribution in [0, 0.1) is 0 Å². The summed E-state index contributed by atoms with van der Waals surface area (Å²) in [7, 11) is 0. The van der Waals surface area contributed by atoms with Crippen molar-refractivity contribution in [3.05, 3.63) is 23.0 Å². The SMILES string of the molecule is C.CC(C)(C)OC(=O)N(C(=O)OC(C)(C)C)c1cnc(C2CCCO2)c(Cl)c1. The zero-order valence-corrected chi connectivity index (χ0v) is 17.4. The average Bonchev–Trinajstić information content (AvgIpc) is 2.97. The Morgan fingerprint density at radius 1 is 1.14 bits per heavy atom.